The molecule has 0 bridgehead atoms. The predicted octanol–water partition coefficient (Wildman–Crippen LogP) is 6.16. The van der Waals surface area contributed by atoms with Crippen molar-refractivity contribution in [3.05, 3.63) is 0 Å². The van der Waals surface area contributed by atoms with Gasteiger partial charge in [-0.3, -0.25) is 4.79 Å². The summed E-state index contributed by atoms with van der Waals surface area (Å²) in [5.74, 6) is -0.632. The van der Waals surface area contributed by atoms with Gasteiger partial charge >= 0.3 is 58.2 Å². The van der Waals surface area contributed by atoms with Crippen molar-refractivity contribution >= 4 is 58.2 Å². The molecular weight excluding hydrogens is 341 g/mol. The van der Waals surface area contributed by atoms with Crippen LogP contribution in [0.15, 0.2) is 0 Å². The first kappa shape index (κ1) is 30.2. The van der Waals surface area contributed by atoms with Gasteiger partial charge in [0.1, 0.15) is 0 Å². The van der Waals surface area contributed by atoms with Gasteiger partial charge in [-0.2, -0.15) is 0 Å². The van der Waals surface area contributed by atoms with Gasteiger partial charge in [0.05, 0.1) is 0 Å². The first-order valence-electron chi connectivity index (χ1n) is 9.60. The van der Waals surface area contributed by atoms with Crippen LogP contribution in [0.25, 0.3) is 0 Å². The number of carbonyl (C=O) groups excluding carboxylic acids is 1. The maximum Gasteiger partial charge on any atom is 2.00 e. The second-order valence-electron chi connectivity index (χ2n) is 6.44. The summed E-state index contributed by atoms with van der Waals surface area (Å²) >= 11 is 0. The Balaban J connectivity index is -0.000000161. The van der Waals surface area contributed by atoms with Gasteiger partial charge in [-0.25, -0.2) is 4.79 Å². The average Bonchev–Trinajstić information content (AvgIpc) is 2.50. The van der Waals surface area contributed by atoms with Crippen molar-refractivity contribution in [1.29, 1.82) is 0 Å². The fraction of sp³-hybridized carbons (Fsp3) is 0.895. The van der Waals surface area contributed by atoms with Crippen LogP contribution in [0, 0.1) is 0 Å². The Bertz CT molecular complexity index is 316. The zero-order valence-corrected chi connectivity index (χ0v) is 19.2. The molecule has 25 heavy (non-hydrogen) atoms. The number of unbranched alkanes of at least 4 members (excludes halogenated alkanes) is 14. The molecule has 0 spiro atoms. The monoisotopic (exact) mass is 380 g/mol. The van der Waals surface area contributed by atoms with Gasteiger partial charge in [-0.15, -0.1) is 0 Å². The van der Waals surface area contributed by atoms with E-state index < -0.39 is 12.1 Å². The third-order valence-electron chi connectivity index (χ3n) is 4.19. The van der Waals surface area contributed by atoms with Gasteiger partial charge in [0, 0.05) is 6.42 Å². The average molecular weight is 381 g/mol. The topological polar surface area (TPSA) is 63.6 Å². The summed E-state index contributed by atoms with van der Waals surface area (Å²) in [5.41, 5.74) is 0. The van der Waals surface area contributed by atoms with E-state index in [1.165, 1.54) is 77.0 Å². The first-order valence-corrected chi connectivity index (χ1v) is 9.60. The van der Waals surface area contributed by atoms with Gasteiger partial charge in [0.15, 0.2) is 0 Å². The van der Waals surface area contributed by atoms with E-state index in [-0.39, 0.29) is 58.2 Å². The van der Waals surface area contributed by atoms with Crippen molar-refractivity contribution in [2.45, 2.75) is 110 Å². The fourth-order valence-corrected chi connectivity index (χ4v) is 2.79. The molecule has 0 rings (SSSR count). The number of hydrogen-bond donors (Lipinski definition) is 1. The van der Waals surface area contributed by atoms with Crippen LogP contribution < -0.4 is 0 Å². The predicted molar refractivity (Wildman–Crippen MR) is 110 cm³/mol. The van der Waals surface area contributed by atoms with E-state index in [0.29, 0.717) is 0 Å². The maximum absolute atomic E-state index is 11.0. The van der Waals surface area contributed by atoms with Gasteiger partial charge in [-0.1, -0.05) is 96.8 Å². The summed E-state index contributed by atoms with van der Waals surface area (Å²) in [6.45, 7) is 2.26. The largest absolute Gasteiger partial charge is 2.00 e. The van der Waals surface area contributed by atoms with Crippen LogP contribution >= 0.6 is 0 Å². The smallest absolute Gasteiger partial charge is 1.00 e. The Kier molecular flexibility index (Phi) is 29.6. The van der Waals surface area contributed by atoms with Crippen molar-refractivity contribution in [1.82, 2.24) is 0 Å². The van der Waals surface area contributed by atoms with E-state index in [0.717, 1.165) is 19.3 Å². The second-order valence-corrected chi connectivity index (χ2v) is 6.44. The van der Waals surface area contributed by atoms with Crippen molar-refractivity contribution in [2.75, 3.05) is 0 Å². The first-order chi connectivity index (χ1) is 11.2. The Morgan fingerprint density at radius 1 is 0.680 bits per heavy atom. The number of ether oxygens (including phenoxy) is 1. The minimum Gasteiger partial charge on any atom is -1.00 e. The molecule has 1 N–H and O–H groups in total. The van der Waals surface area contributed by atoms with Crippen molar-refractivity contribution < 1.29 is 25.1 Å². The molecule has 0 heterocycles. The Hall–Kier alpha value is 0.472. The van der Waals surface area contributed by atoms with E-state index in [2.05, 4.69) is 11.7 Å². The van der Waals surface area contributed by atoms with Crippen LogP contribution in [-0.4, -0.2) is 63.3 Å². The molecule has 4 nitrogen and oxygen atoms in total. The van der Waals surface area contributed by atoms with E-state index in [9.17, 15) is 9.59 Å². The van der Waals surface area contributed by atoms with Crippen LogP contribution in [0.5, 0.6) is 0 Å². The molecule has 0 aromatic rings. The molecule has 0 atom stereocenters. The minimum atomic E-state index is -1.50. The summed E-state index contributed by atoms with van der Waals surface area (Å²) in [6.07, 6.45) is 17.8. The fourth-order valence-electron chi connectivity index (χ4n) is 2.79. The number of rotatable bonds is 16. The van der Waals surface area contributed by atoms with Gasteiger partial charge < -0.3 is 15.5 Å². The summed E-state index contributed by atoms with van der Waals surface area (Å²) in [7, 11) is 0. The molecule has 0 aliphatic rings. The molecule has 0 amide bonds. The number of esters is 1. The molecule has 6 heteroatoms. The third-order valence-corrected chi connectivity index (χ3v) is 4.19. The molecule has 0 radical (unpaired) electrons. The number of carboxylic acid groups (broad SMARTS) is 1. The second kappa shape index (κ2) is 24.5. The molecular formula is C19H40Mg2O4. The molecule has 0 aliphatic carbocycles. The molecule has 0 aliphatic heterocycles. The van der Waals surface area contributed by atoms with E-state index in [4.69, 9.17) is 5.11 Å². The molecule has 0 saturated heterocycles. The maximum atomic E-state index is 11.0. The van der Waals surface area contributed by atoms with Crippen LogP contribution in [-0.2, 0) is 9.53 Å². The Morgan fingerprint density at radius 3 is 1.32 bits per heavy atom. The van der Waals surface area contributed by atoms with Crippen LogP contribution in [0.3, 0.4) is 0 Å². The van der Waals surface area contributed by atoms with E-state index in [1.54, 1.807) is 0 Å². The van der Waals surface area contributed by atoms with Crippen molar-refractivity contribution in [3.8, 4) is 0 Å². The summed E-state index contributed by atoms with van der Waals surface area (Å²) in [4.78, 5) is 21.1. The Labute approximate surface area is 192 Å². The zero-order chi connectivity index (χ0) is 17.2. The van der Waals surface area contributed by atoms with Crippen LogP contribution in [0.4, 0.5) is 4.79 Å². The van der Waals surface area contributed by atoms with Crippen LogP contribution in [0.1, 0.15) is 115 Å². The molecule has 144 valence electrons. The summed E-state index contributed by atoms with van der Waals surface area (Å²) in [6, 6.07) is 0. The molecule has 0 saturated carbocycles. The van der Waals surface area contributed by atoms with Crippen molar-refractivity contribution in [3.63, 3.8) is 0 Å². The minimum absolute atomic E-state index is 0. The third kappa shape index (κ3) is 26.8. The molecule has 0 unspecified atom stereocenters. The Morgan fingerprint density at radius 2 is 1.00 bits per heavy atom. The van der Waals surface area contributed by atoms with Gasteiger partial charge in [0.2, 0.25) is 0 Å². The SMILES string of the molecule is CCCCCCCCCCCCCCCCCC(=O)OC(=O)O.[H-].[H-].[H-].[H-].[Mg+2].[Mg+2]. The summed E-state index contributed by atoms with van der Waals surface area (Å²) in [5, 5.41) is 8.27. The quantitative estimate of drug-likeness (QED) is 0.151. The number of hydrogen-bond acceptors (Lipinski definition) is 3. The van der Waals surface area contributed by atoms with Crippen LogP contribution in [0.2, 0.25) is 0 Å². The number of carbonyl (C=O) groups is 2. The van der Waals surface area contributed by atoms with Gasteiger partial charge in [0.25, 0.3) is 0 Å². The van der Waals surface area contributed by atoms with E-state index in [1.807, 2.05) is 0 Å². The van der Waals surface area contributed by atoms with E-state index >= 15 is 0 Å². The van der Waals surface area contributed by atoms with Crippen molar-refractivity contribution in [2.24, 2.45) is 0 Å². The van der Waals surface area contributed by atoms with Gasteiger partial charge in [-0.05, 0) is 6.42 Å². The molecule has 0 aromatic carbocycles. The standard InChI is InChI=1S/C19H36O4.2Mg.4H/c1-2-3-4-5-6-7-8-9-10-11-12-13-14-15-16-17-18(20)23-19(21)22;;;;;;/h2-17H2,1H3,(H,21,22);;;;;;/q;2*+2;4*-1. The normalized spacial score (nSPS) is 9.80. The molecule has 0 fully saturated rings. The summed E-state index contributed by atoms with van der Waals surface area (Å²) < 4.78 is 4.05. The zero-order valence-electron chi connectivity index (χ0n) is 20.4. The molecule has 0 aromatic heterocycles.